The van der Waals surface area contributed by atoms with Gasteiger partial charge in [0.25, 0.3) is 0 Å². The van der Waals surface area contributed by atoms with E-state index in [9.17, 15) is 14.1 Å². The first-order chi connectivity index (χ1) is 6.06. The maximum Gasteiger partial charge on any atom is 0.336 e. The molecule has 0 atom stereocenters. The molecule has 4 nitrogen and oxygen atoms in total. The van der Waals surface area contributed by atoms with E-state index in [0.717, 1.165) is 12.1 Å². The SMILES string of the molecule is Cc1cc(F)c(N=O)cc1C(=O)O. The molecule has 0 unspecified atom stereocenters. The van der Waals surface area contributed by atoms with Gasteiger partial charge in [-0.3, -0.25) is 0 Å². The van der Waals surface area contributed by atoms with E-state index in [2.05, 4.69) is 5.18 Å². The van der Waals surface area contributed by atoms with Crippen LogP contribution in [0.2, 0.25) is 0 Å². The van der Waals surface area contributed by atoms with Gasteiger partial charge in [0, 0.05) is 0 Å². The van der Waals surface area contributed by atoms with Crippen LogP contribution in [-0.4, -0.2) is 11.1 Å². The Bertz CT molecular complexity index is 376. The first kappa shape index (κ1) is 9.31. The second-order valence-electron chi connectivity index (χ2n) is 2.51. The van der Waals surface area contributed by atoms with E-state index in [4.69, 9.17) is 5.11 Å². The van der Waals surface area contributed by atoms with Crippen molar-refractivity contribution in [3.63, 3.8) is 0 Å². The number of benzene rings is 1. The van der Waals surface area contributed by atoms with Gasteiger partial charge in [0.1, 0.15) is 5.69 Å². The van der Waals surface area contributed by atoms with E-state index in [0.29, 0.717) is 0 Å². The Hall–Kier alpha value is -1.78. The van der Waals surface area contributed by atoms with Crippen molar-refractivity contribution in [1.29, 1.82) is 0 Å². The van der Waals surface area contributed by atoms with Crippen LogP contribution in [0.15, 0.2) is 17.3 Å². The third kappa shape index (κ3) is 1.69. The maximum absolute atomic E-state index is 12.8. The minimum absolute atomic E-state index is 0.115. The molecule has 0 heterocycles. The van der Waals surface area contributed by atoms with Crippen molar-refractivity contribution in [1.82, 2.24) is 0 Å². The maximum atomic E-state index is 12.8. The van der Waals surface area contributed by atoms with Crippen LogP contribution >= 0.6 is 0 Å². The third-order valence-electron chi connectivity index (χ3n) is 1.62. The number of carboxylic acid groups (broad SMARTS) is 1. The first-order valence-electron chi connectivity index (χ1n) is 3.43. The number of hydrogen-bond donors (Lipinski definition) is 1. The fourth-order valence-electron chi connectivity index (χ4n) is 0.962. The summed E-state index contributed by atoms with van der Waals surface area (Å²) >= 11 is 0. The van der Waals surface area contributed by atoms with Crippen molar-refractivity contribution in [2.24, 2.45) is 5.18 Å². The number of aryl methyl sites for hydroxylation is 1. The lowest BCUT2D eigenvalue weighted by Gasteiger charge is -2.01. The number of aromatic carboxylic acids is 1. The summed E-state index contributed by atoms with van der Waals surface area (Å²) in [6.45, 7) is 1.45. The summed E-state index contributed by atoms with van der Waals surface area (Å²) in [6, 6.07) is 1.89. The van der Waals surface area contributed by atoms with Crippen LogP contribution in [0.4, 0.5) is 10.1 Å². The first-order valence-corrected chi connectivity index (χ1v) is 3.43. The summed E-state index contributed by atoms with van der Waals surface area (Å²) in [5, 5.41) is 11.0. The van der Waals surface area contributed by atoms with Gasteiger partial charge in [-0.05, 0) is 29.8 Å². The van der Waals surface area contributed by atoms with Gasteiger partial charge in [-0.15, -0.1) is 4.91 Å². The Kier molecular flexibility index (Phi) is 2.36. The molecule has 0 aliphatic rings. The van der Waals surface area contributed by atoms with E-state index < -0.39 is 17.5 Å². The predicted molar refractivity (Wildman–Crippen MR) is 43.6 cm³/mol. The van der Waals surface area contributed by atoms with E-state index in [1.54, 1.807) is 0 Å². The lowest BCUT2D eigenvalue weighted by Crippen LogP contribution is -1.99. The van der Waals surface area contributed by atoms with E-state index in [-0.39, 0.29) is 11.1 Å². The standard InChI is InChI=1S/C8H6FNO3/c1-4-2-6(9)7(10-13)3-5(4)8(11)12/h2-3H,1H3,(H,11,12). The van der Waals surface area contributed by atoms with Crippen molar-refractivity contribution >= 4 is 11.7 Å². The van der Waals surface area contributed by atoms with E-state index >= 15 is 0 Å². The minimum atomic E-state index is -1.21. The van der Waals surface area contributed by atoms with Gasteiger partial charge in [-0.1, -0.05) is 0 Å². The van der Waals surface area contributed by atoms with E-state index in [1.165, 1.54) is 6.92 Å². The number of carboxylic acids is 1. The number of rotatable bonds is 2. The number of halogens is 1. The molecular weight excluding hydrogens is 177 g/mol. The van der Waals surface area contributed by atoms with Gasteiger partial charge < -0.3 is 5.11 Å². The fraction of sp³-hybridized carbons (Fsp3) is 0.125. The highest BCUT2D eigenvalue weighted by Gasteiger charge is 2.12. The number of hydrogen-bond acceptors (Lipinski definition) is 3. The molecule has 1 aromatic carbocycles. The zero-order chi connectivity index (χ0) is 10.0. The molecule has 1 aromatic rings. The Morgan fingerprint density at radius 2 is 2.15 bits per heavy atom. The van der Waals surface area contributed by atoms with Crippen LogP contribution in [0.1, 0.15) is 15.9 Å². The highest BCUT2D eigenvalue weighted by atomic mass is 19.1. The lowest BCUT2D eigenvalue weighted by atomic mass is 10.1. The largest absolute Gasteiger partial charge is 0.478 e. The summed E-state index contributed by atoms with van der Waals surface area (Å²) in [4.78, 5) is 20.6. The molecule has 0 saturated carbocycles. The van der Waals surface area contributed by atoms with Crippen LogP contribution < -0.4 is 0 Å². The molecule has 0 spiro atoms. The molecule has 1 rings (SSSR count). The Labute approximate surface area is 73.0 Å². The Balaban J connectivity index is 3.38. The van der Waals surface area contributed by atoms with Crippen molar-refractivity contribution in [3.8, 4) is 0 Å². The quantitative estimate of drug-likeness (QED) is 0.715. The highest BCUT2D eigenvalue weighted by Crippen LogP contribution is 2.22. The van der Waals surface area contributed by atoms with Crippen LogP contribution in [0.5, 0.6) is 0 Å². The molecule has 1 N–H and O–H groups in total. The molecule has 0 aliphatic heterocycles. The molecule has 0 aromatic heterocycles. The molecule has 0 aliphatic carbocycles. The van der Waals surface area contributed by atoms with Gasteiger partial charge >= 0.3 is 5.97 Å². The zero-order valence-corrected chi connectivity index (χ0v) is 6.74. The summed E-state index contributed by atoms with van der Waals surface area (Å²) < 4.78 is 12.8. The van der Waals surface area contributed by atoms with Crippen molar-refractivity contribution in [2.45, 2.75) is 6.92 Å². The van der Waals surface area contributed by atoms with Crippen molar-refractivity contribution in [2.75, 3.05) is 0 Å². The van der Waals surface area contributed by atoms with Gasteiger partial charge in [0.05, 0.1) is 5.56 Å². The summed E-state index contributed by atoms with van der Waals surface area (Å²) in [5.74, 6) is -2.01. The molecule has 0 amide bonds. The number of nitroso groups, excluding NO2 is 1. The van der Waals surface area contributed by atoms with E-state index in [1.807, 2.05) is 0 Å². The van der Waals surface area contributed by atoms with Crippen molar-refractivity contribution < 1.29 is 14.3 Å². The molecule has 5 heteroatoms. The Morgan fingerprint density at radius 1 is 1.54 bits per heavy atom. The van der Waals surface area contributed by atoms with Crippen molar-refractivity contribution in [3.05, 3.63) is 34.0 Å². The second-order valence-corrected chi connectivity index (χ2v) is 2.51. The summed E-state index contributed by atoms with van der Waals surface area (Å²) in [5.41, 5.74) is -0.337. The normalized spacial score (nSPS) is 9.69. The molecule has 0 bridgehead atoms. The molecule has 0 saturated heterocycles. The third-order valence-corrected chi connectivity index (χ3v) is 1.62. The molecular formula is C8H6FNO3. The van der Waals surface area contributed by atoms with Crippen LogP contribution in [0, 0.1) is 17.6 Å². The fourth-order valence-corrected chi connectivity index (χ4v) is 0.962. The predicted octanol–water partition coefficient (Wildman–Crippen LogP) is 2.23. The topological polar surface area (TPSA) is 66.7 Å². The second kappa shape index (κ2) is 3.30. The van der Waals surface area contributed by atoms with Gasteiger partial charge in [0.2, 0.25) is 0 Å². The smallest absolute Gasteiger partial charge is 0.336 e. The van der Waals surface area contributed by atoms with Crippen LogP contribution in [-0.2, 0) is 0 Å². The molecule has 13 heavy (non-hydrogen) atoms. The number of nitrogens with zero attached hydrogens (tertiary/aromatic N) is 1. The zero-order valence-electron chi connectivity index (χ0n) is 6.74. The monoisotopic (exact) mass is 183 g/mol. The molecule has 68 valence electrons. The Morgan fingerprint density at radius 3 is 2.62 bits per heavy atom. The minimum Gasteiger partial charge on any atom is -0.478 e. The average molecular weight is 183 g/mol. The van der Waals surface area contributed by atoms with Gasteiger partial charge in [-0.2, -0.15) is 0 Å². The highest BCUT2D eigenvalue weighted by molar-refractivity contribution is 5.90. The van der Waals surface area contributed by atoms with Crippen LogP contribution in [0.25, 0.3) is 0 Å². The number of carbonyl (C=O) groups is 1. The molecule has 0 radical (unpaired) electrons. The molecule has 0 fully saturated rings. The van der Waals surface area contributed by atoms with Gasteiger partial charge in [-0.25, -0.2) is 9.18 Å². The van der Waals surface area contributed by atoms with Gasteiger partial charge in [0.15, 0.2) is 5.82 Å². The van der Waals surface area contributed by atoms with Crippen LogP contribution in [0.3, 0.4) is 0 Å². The summed E-state index contributed by atoms with van der Waals surface area (Å²) in [6.07, 6.45) is 0. The lowest BCUT2D eigenvalue weighted by molar-refractivity contribution is 0.0696. The summed E-state index contributed by atoms with van der Waals surface area (Å²) in [7, 11) is 0. The average Bonchev–Trinajstić information content (AvgIpc) is 2.03.